The van der Waals surface area contributed by atoms with Crippen LogP contribution in [0.2, 0.25) is 0 Å². The lowest BCUT2D eigenvalue weighted by Gasteiger charge is -2.11. The number of nitriles is 1. The zero-order valence-corrected chi connectivity index (χ0v) is 10.4. The molecular weight excluding hydrogens is 214 g/mol. The molecule has 0 unspecified atom stereocenters. The van der Waals surface area contributed by atoms with Gasteiger partial charge < -0.3 is 15.0 Å². The number of likely N-dealkylation sites (N-methyl/N-ethyl adjacent to an activating group) is 1. The molecule has 1 N–H and O–H groups in total. The van der Waals surface area contributed by atoms with Gasteiger partial charge in [0.05, 0.1) is 5.56 Å². The van der Waals surface area contributed by atoms with E-state index >= 15 is 0 Å². The molecule has 0 atom stereocenters. The van der Waals surface area contributed by atoms with Crippen molar-refractivity contribution in [3.8, 4) is 11.8 Å². The lowest BCUT2D eigenvalue weighted by atomic mass is 10.2. The van der Waals surface area contributed by atoms with Crippen LogP contribution in [0.1, 0.15) is 5.56 Å². The highest BCUT2D eigenvalue weighted by molar-refractivity contribution is 5.42. The van der Waals surface area contributed by atoms with Crippen LogP contribution in [0, 0.1) is 11.3 Å². The van der Waals surface area contributed by atoms with E-state index in [2.05, 4.69) is 16.3 Å². The SMILES string of the molecule is CN(C)CCNCCOc1ccccc1C#N. The van der Waals surface area contributed by atoms with Gasteiger partial charge >= 0.3 is 0 Å². The fraction of sp³-hybridized carbons (Fsp3) is 0.462. The maximum absolute atomic E-state index is 8.87. The molecule has 1 rings (SSSR count). The van der Waals surface area contributed by atoms with E-state index in [1.54, 1.807) is 6.07 Å². The van der Waals surface area contributed by atoms with Crippen molar-refractivity contribution in [2.45, 2.75) is 0 Å². The van der Waals surface area contributed by atoms with Crippen molar-refractivity contribution in [2.24, 2.45) is 0 Å². The summed E-state index contributed by atoms with van der Waals surface area (Å²) in [6.45, 7) is 3.31. The number of nitrogens with zero attached hydrogens (tertiary/aromatic N) is 2. The first-order valence-electron chi connectivity index (χ1n) is 5.71. The molecule has 1 aromatic rings. The van der Waals surface area contributed by atoms with Crippen molar-refractivity contribution in [3.63, 3.8) is 0 Å². The van der Waals surface area contributed by atoms with Crippen molar-refractivity contribution in [3.05, 3.63) is 29.8 Å². The molecule has 0 saturated carbocycles. The van der Waals surface area contributed by atoms with Crippen LogP contribution in [-0.4, -0.2) is 45.2 Å². The molecule has 0 aliphatic heterocycles. The molecule has 4 heteroatoms. The third-order valence-electron chi connectivity index (χ3n) is 2.28. The zero-order chi connectivity index (χ0) is 12.5. The normalized spacial score (nSPS) is 10.2. The molecule has 0 fully saturated rings. The summed E-state index contributed by atoms with van der Waals surface area (Å²) in [5.41, 5.74) is 0.584. The number of rotatable bonds is 7. The van der Waals surface area contributed by atoms with E-state index in [0.29, 0.717) is 17.9 Å². The highest BCUT2D eigenvalue weighted by Crippen LogP contribution is 2.15. The Labute approximate surface area is 103 Å². The highest BCUT2D eigenvalue weighted by atomic mass is 16.5. The van der Waals surface area contributed by atoms with Crippen LogP contribution in [0.4, 0.5) is 0 Å². The molecule has 0 aliphatic carbocycles. The van der Waals surface area contributed by atoms with Gasteiger partial charge in [-0.3, -0.25) is 0 Å². The van der Waals surface area contributed by atoms with Gasteiger partial charge in [-0.25, -0.2) is 0 Å². The Bertz CT molecular complexity index is 371. The number of nitrogens with one attached hydrogen (secondary N) is 1. The van der Waals surface area contributed by atoms with Gasteiger partial charge in [0.1, 0.15) is 18.4 Å². The highest BCUT2D eigenvalue weighted by Gasteiger charge is 2.00. The van der Waals surface area contributed by atoms with Crippen LogP contribution < -0.4 is 10.1 Å². The fourth-order valence-corrected chi connectivity index (χ4v) is 1.35. The topological polar surface area (TPSA) is 48.3 Å². The van der Waals surface area contributed by atoms with Gasteiger partial charge in [0, 0.05) is 19.6 Å². The number of para-hydroxylation sites is 1. The van der Waals surface area contributed by atoms with E-state index in [0.717, 1.165) is 19.6 Å². The summed E-state index contributed by atoms with van der Waals surface area (Å²) < 4.78 is 5.54. The number of ether oxygens (including phenoxy) is 1. The van der Waals surface area contributed by atoms with E-state index in [1.165, 1.54) is 0 Å². The summed E-state index contributed by atoms with van der Waals surface area (Å²) in [6.07, 6.45) is 0. The molecule has 17 heavy (non-hydrogen) atoms. The maximum Gasteiger partial charge on any atom is 0.137 e. The number of hydrogen-bond donors (Lipinski definition) is 1. The first kappa shape index (κ1) is 13.5. The Hall–Kier alpha value is -1.57. The molecule has 0 bridgehead atoms. The molecule has 1 aromatic carbocycles. The predicted octanol–water partition coefficient (Wildman–Crippen LogP) is 1.09. The van der Waals surface area contributed by atoms with Gasteiger partial charge in [0.15, 0.2) is 0 Å². The standard InChI is InChI=1S/C13H19N3O/c1-16(2)9-7-15-8-10-17-13-6-4-3-5-12(13)11-14/h3-6,15H,7-10H2,1-2H3. The summed E-state index contributed by atoms with van der Waals surface area (Å²) in [6, 6.07) is 9.39. The Balaban J connectivity index is 2.20. The van der Waals surface area contributed by atoms with E-state index in [1.807, 2.05) is 32.3 Å². The minimum Gasteiger partial charge on any atom is -0.491 e. The summed E-state index contributed by atoms with van der Waals surface area (Å²) in [4.78, 5) is 2.12. The van der Waals surface area contributed by atoms with Gasteiger partial charge in [0.2, 0.25) is 0 Å². The van der Waals surface area contributed by atoms with Crippen molar-refractivity contribution in [2.75, 3.05) is 40.3 Å². The van der Waals surface area contributed by atoms with Crippen LogP contribution in [-0.2, 0) is 0 Å². The minimum absolute atomic E-state index is 0.576. The summed E-state index contributed by atoms with van der Waals surface area (Å²) in [5, 5.41) is 12.1. The Morgan fingerprint density at radius 2 is 2.06 bits per heavy atom. The maximum atomic E-state index is 8.87. The zero-order valence-electron chi connectivity index (χ0n) is 10.4. The smallest absolute Gasteiger partial charge is 0.137 e. The Morgan fingerprint density at radius 1 is 1.29 bits per heavy atom. The molecule has 0 radical (unpaired) electrons. The second-order valence-electron chi connectivity index (χ2n) is 4.01. The van der Waals surface area contributed by atoms with E-state index in [9.17, 15) is 0 Å². The second-order valence-corrected chi connectivity index (χ2v) is 4.01. The first-order valence-corrected chi connectivity index (χ1v) is 5.71. The van der Waals surface area contributed by atoms with Crippen molar-refractivity contribution >= 4 is 0 Å². The van der Waals surface area contributed by atoms with Crippen LogP contribution in [0.3, 0.4) is 0 Å². The fourth-order valence-electron chi connectivity index (χ4n) is 1.35. The first-order chi connectivity index (χ1) is 8.24. The largest absolute Gasteiger partial charge is 0.491 e. The van der Waals surface area contributed by atoms with Crippen LogP contribution >= 0.6 is 0 Å². The van der Waals surface area contributed by atoms with E-state index in [-0.39, 0.29) is 0 Å². The average Bonchev–Trinajstić information content (AvgIpc) is 2.33. The van der Waals surface area contributed by atoms with Crippen LogP contribution in [0.15, 0.2) is 24.3 Å². The Morgan fingerprint density at radius 3 is 2.76 bits per heavy atom. The molecule has 4 nitrogen and oxygen atoms in total. The molecule has 92 valence electrons. The quantitative estimate of drug-likeness (QED) is 0.716. The second kappa shape index (κ2) is 7.66. The molecule has 0 saturated heterocycles. The minimum atomic E-state index is 0.576. The van der Waals surface area contributed by atoms with Gasteiger partial charge in [0.25, 0.3) is 0 Å². The third kappa shape index (κ3) is 5.34. The molecule has 0 aliphatic rings. The van der Waals surface area contributed by atoms with Crippen LogP contribution in [0.25, 0.3) is 0 Å². The lowest BCUT2D eigenvalue weighted by Crippen LogP contribution is -2.29. The van der Waals surface area contributed by atoms with Gasteiger partial charge in [-0.1, -0.05) is 12.1 Å². The predicted molar refractivity (Wildman–Crippen MR) is 68.1 cm³/mol. The summed E-state index contributed by atoms with van der Waals surface area (Å²) >= 11 is 0. The molecule has 0 heterocycles. The molecular formula is C13H19N3O. The lowest BCUT2D eigenvalue weighted by molar-refractivity contribution is 0.307. The molecule has 0 spiro atoms. The monoisotopic (exact) mass is 233 g/mol. The van der Waals surface area contributed by atoms with E-state index < -0.39 is 0 Å². The number of benzene rings is 1. The van der Waals surface area contributed by atoms with Gasteiger partial charge in [-0.2, -0.15) is 5.26 Å². The summed E-state index contributed by atoms with van der Waals surface area (Å²) in [5.74, 6) is 0.657. The summed E-state index contributed by atoms with van der Waals surface area (Å²) in [7, 11) is 4.09. The van der Waals surface area contributed by atoms with Crippen molar-refractivity contribution < 1.29 is 4.74 Å². The van der Waals surface area contributed by atoms with Crippen molar-refractivity contribution in [1.82, 2.24) is 10.2 Å². The Kier molecular flexibility index (Phi) is 6.08. The van der Waals surface area contributed by atoms with Gasteiger partial charge in [-0.05, 0) is 26.2 Å². The number of hydrogen-bond acceptors (Lipinski definition) is 4. The van der Waals surface area contributed by atoms with Gasteiger partial charge in [-0.15, -0.1) is 0 Å². The average molecular weight is 233 g/mol. The third-order valence-corrected chi connectivity index (χ3v) is 2.28. The molecule has 0 amide bonds. The van der Waals surface area contributed by atoms with Crippen molar-refractivity contribution in [1.29, 1.82) is 5.26 Å². The van der Waals surface area contributed by atoms with E-state index in [4.69, 9.17) is 10.00 Å². The molecule has 0 aromatic heterocycles. The van der Waals surface area contributed by atoms with Crippen LogP contribution in [0.5, 0.6) is 5.75 Å².